The Morgan fingerprint density at radius 2 is 1.95 bits per heavy atom. The van der Waals surface area contributed by atoms with E-state index in [4.69, 9.17) is 29.6 Å². The Kier molecular flexibility index (Phi) is 4.63. The predicted molar refractivity (Wildman–Crippen MR) is 90.6 cm³/mol. The molecule has 2 rings (SSSR count). The monoisotopic (exact) mass is 304 g/mol. The maximum absolute atomic E-state index is 6.22. The van der Waals surface area contributed by atoms with Crippen molar-refractivity contribution >= 4 is 34.5 Å². The molecule has 0 saturated heterocycles. The summed E-state index contributed by atoms with van der Waals surface area (Å²) < 4.78 is 0. The van der Waals surface area contributed by atoms with Gasteiger partial charge in [-0.15, -0.1) is 0 Å². The molecule has 0 amide bonds. The Labute approximate surface area is 130 Å². The third kappa shape index (κ3) is 3.30. The van der Waals surface area contributed by atoms with E-state index in [0.717, 1.165) is 27.4 Å². The van der Waals surface area contributed by atoms with Crippen LogP contribution in [0.1, 0.15) is 29.7 Å². The molecular weight excluding hydrogens is 288 g/mol. The third-order valence-corrected chi connectivity index (χ3v) is 3.75. The van der Waals surface area contributed by atoms with Crippen LogP contribution >= 0.6 is 23.8 Å². The van der Waals surface area contributed by atoms with E-state index in [1.54, 1.807) is 0 Å². The second kappa shape index (κ2) is 6.25. The first-order valence-corrected chi connectivity index (χ1v) is 7.19. The Balaban J connectivity index is 2.31. The van der Waals surface area contributed by atoms with E-state index in [9.17, 15) is 0 Å². The van der Waals surface area contributed by atoms with Crippen molar-refractivity contribution in [2.24, 2.45) is 5.73 Å². The standard InChI is InChI=1S/C16H17ClN2S/c1-10-7-8-15(13(9-10)16(18)20)19-11(2)12-5-3-4-6-14(12)17/h3-9,11,19H,1-2H3,(H2,18,20). The van der Waals surface area contributed by atoms with Crippen LogP contribution in [0.5, 0.6) is 0 Å². The topological polar surface area (TPSA) is 38.0 Å². The number of rotatable bonds is 4. The van der Waals surface area contributed by atoms with Gasteiger partial charge in [-0.3, -0.25) is 0 Å². The van der Waals surface area contributed by atoms with Crippen molar-refractivity contribution in [3.8, 4) is 0 Å². The molecule has 4 heteroatoms. The summed E-state index contributed by atoms with van der Waals surface area (Å²) in [6, 6.07) is 13.9. The third-order valence-electron chi connectivity index (χ3n) is 3.18. The van der Waals surface area contributed by atoms with Crippen LogP contribution in [-0.2, 0) is 0 Å². The van der Waals surface area contributed by atoms with Gasteiger partial charge in [0.05, 0.1) is 6.04 Å². The summed E-state index contributed by atoms with van der Waals surface area (Å²) in [4.78, 5) is 0.391. The first-order valence-electron chi connectivity index (χ1n) is 6.40. The summed E-state index contributed by atoms with van der Waals surface area (Å²) in [6.45, 7) is 4.08. The fourth-order valence-electron chi connectivity index (χ4n) is 2.13. The number of hydrogen-bond acceptors (Lipinski definition) is 2. The molecule has 20 heavy (non-hydrogen) atoms. The molecule has 0 bridgehead atoms. The van der Waals surface area contributed by atoms with Gasteiger partial charge in [-0.1, -0.05) is 53.6 Å². The normalized spacial score (nSPS) is 11.9. The van der Waals surface area contributed by atoms with Crippen molar-refractivity contribution in [1.29, 1.82) is 0 Å². The Bertz CT molecular complexity index is 640. The average molecular weight is 305 g/mol. The van der Waals surface area contributed by atoms with E-state index in [2.05, 4.69) is 12.2 Å². The van der Waals surface area contributed by atoms with Crippen LogP contribution in [0.25, 0.3) is 0 Å². The number of nitrogens with one attached hydrogen (secondary N) is 1. The van der Waals surface area contributed by atoms with E-state index >= 15 is 0 Å². The minimum atomic E-state index is 0.0690. The fourth-order valence-corrected chi connectivity index (χ4v) is 2.59. The van der Waals surface area contributed by atoms with Crippen molar-refractivity contribution in [2.45, 2.75) is 19.9 Å². The minimum Gasteiger partial charge on any atom is -0.389 e. The molecule has 0 heterocycles. The predicted octanol–water partition coefficient (Wildman–Crippen LogP) is 4.46. The second-order valence-corrected chi connectivity index (χ2v) is 5.65. The summed E-state index contributed by atoms with van der Waals surface area (Å²) in [5, 5.41) is 4.17. The van der Waals surface area contributed by atoms with Crippen molar-refractivity contribution < 1.29 is 0 Å². The van der Waals surface area contributed by atoms with Crippen LogP contribution in [-0.4, -0.2) is 4.99 Å². The van der Waals surface area contributed by atoms with Gasteiger partial charge in [-0.05, 0) is 37.6 Å². The van der Waals surface area contributed by atoms with Gasteiger partial charge in [0.1, 0.15) is 4.99 Å². The molecule has 0 spiro atoms. The zero-order valence-electron chi connectivity index (χ0n) is 11.5. The molecule has 0 aliphatic rings. The van der Waals surface area contributed by atoms with Gasteiger partial charge in [0.2, 0.25) is 0 Å². The lowest BCUT2D eigenvalue weighted by molar-refractivity contribution is 0.884. The van der Waals surface area contributed by atoms with E-state index < -0.39 is 0 Å². The number of anilines is 1. The van der Waals surface area contributed by atoms with Crippen LogP contribution in [0.3, 0.4) is 0 Å². The second-order valence-electron chi connectivity index (χ2n) is 4.80. The van der Waals surface area contributed by atoms with E-state index in [1.165, 1.54) is 0 Å². The maximum Gasteiger partial charge on any atom is 0.106 e. The largest absolute Gasteiger partial charge is 0.389 e. The maximum atomic E-state index is 6.22. The lowest BCUT2D eigenvalue weighted by atomic mass is 10.1. The van der Waals surface area contributed by atoms with Gasteiger partial charge in [0.15, 0.2) is 0 Å². The molecule has 104 valence electrons. The average Bonchev–Trinajstić information content (AvgIpc) is 2.41. The highest BCUT2D eigenvalue weighted by Gasteiger charge is 2.12. The highest BCUT2D eigenvalue weighted by Crippen LogP contribution is 2.27. The van der Waals surface area contributed by atoms with E-state index in [-0.39, 0.29) is 6.04 Å². The SMILES string of the molecule is Cc1ccc(NC(C)c2ccccc2Cl)c(C(N)=S)c1. The van der Waals surface area contributed by atoms with Gasteiger partial charge in [-0.25, -0.2) is 0 Å². The highest BCUT2D eigenvalue weighted by molar-refractivity contribution is 7.80. The number of hydrogen-bond donors (Lipinski definition) is 2. The molecule has 1 unspecified atom stereocenters. The van der Waals surface area contributed by atoms with Crippen LogP contribution in [0, 0.1) is 6.92 Å². The molecule has 0 aliphatic carbocycles. The number of nitrogens with two attached hydrogens (primary N) is 1. The highest BCUT2D eigenvalue weighted by atomic mass is 35.5. The van der Waals surface area contributed by atoms with Gasteiger partial charge < -0.3 is 11.1 Å². The van der Waals surface area contributed by atoms with Gasteiger partial charge in [0.25, 0.3) is 0 Å². The smallest absolute Gasteiger partial charge is 0.106 e. The van der Waals surface area contributed by atoms with Crippen LogP contribution < -0.4 is 11.1 Å². The van der Waals surface area contributed by atoms with Gasteiger partial charge >= 0.3 is 0 Å². The molecule has 1 atom stereocenters. The van der Waals surface area contributed by atoms with Crippen molar-refractivity contribution in [3.63, 3.8) is 0 Å². The van der Waals surface area contributed by atoms with E-state index in [1.807, 2.05) is 49.4 Å². The zero-order chi connectivity index (χ0) is 14.7. The zero-order valence-corrected chi connectivity index (χ0v) is 13.1. The lowest BCUT2D eigenvalue weighted by Crippen LogP contribution is -2.15. The van der Waals surface area contributed by atoms with Crippen molar-refractivity contribution in [1.82, 2.24) is 0 Å². The molecule has 3 N–H and O–H groups in total. The molecular formula is C16H17ClN2S. The molecule has 2 aromatic rings. The molecule has 0 saturated carbocycles. The minimum absolute atomic E-state index is 0.0690. The molecule has 2 nitrogen and oxygen atoms in total. The number of aryl methyl sites for hydroxylation is 1. The Morgan fingerprint density at radius 1 is 1.25 bits per heavy atom. The fraction of sp³-hybridized carbons (Fsp3) is 0.188. The lowest BCUT2D eigenvalue weighted by Gasteiger charge is -2.19. The first kappa shape index (κ1) is 14.8. The van der Waals surface area contributed by atoms with Crippen molar-refractivity contribution in [2.75, 3.05) is 5.32 Å². The van der Waals surface area contributed by atoms with Crippen LogP contribution in [0.2, 0.25) is 5.02 Å². The first-order chi connectivity index (χ1) is 9.49. The Hall–Kier alpha value is -1.58. The summed E-state index contributed by atoms with van der Waals surface area (Å²) in [5.41, 5.74) is 9.75. The van der Waals surface area contributed by atoms with Crippen LogP contribution in [0.15, 0.2) is 42.5 Å². The quantitative estimate of drug-likeness (QED) is 0.819. The number of benzene rings is 2. The Morgan fingerprint density at radius 3 is 2.60 bits per heavy atom. The molecule has 0 aliphatic heterocycles. The molecule has 0 fully saturated rings. The summed E-state index contributed by atoms with van der Waals surface area (Å²) >= 11 is 11.3. The summed E-state index contributed by atoms with van der Waals surface area (Å²) in [5.74, 6) is 0. The van der Waals surface area contributed by atoms with Crippen LogP contribution in [0.4, 0.5) is 5.69 Å². The summed E-state index contributed by atoms with van der Waals surface area (Å²) in [7, 11) is 0. The van der Waals surface area contributed by atoms with Crippen molar-refractivity contribution in [3.05, 3.63) is 64.2 Å². The van der Waals surface area contributed by atoms with Gasteiger partial charge in [-0.2, -0.15) is 0 Å². The van der Waals surface area contributed by atoms with Gasteiger partial charge in [0, 0.05) is 16.3 Å². The van der Waals surface area contributed by atoms with E-state index in [0.29, 0.717) is 4.99 Å². The molecule has 2 aromatic carbocycles. The number of thiocarbonyl (C=S) groups is 1. The molecule has 0 radical (unpaired) electrons. The molecule has 0 aromatic heterocycles. The number of halogens is 1. The summed E-state index contributed by atoms with van der Waals surface area (Å²) in [6.07, 6.45) is 0.